The Morgan fingerprint density at radius 2 is 1.75 bits per heavy atom. The number of nitrogens with one attached hydrogen (secondary N) is 3. The maximum absolute atomic E-state index is 12.3. The minimum atomic E-state index is -0.209. The number of halogens is 1. The molecule has 4 rings (SSSR count). The smallest absolute Gasteiger partial charge is 0.274 e. The van der Waals surface area contributed by atoms with E-state index in [1.54, 1.807) is 0 Å². The van der Waals surface area contributed by atoms with Gasteiger partial charge in [-0.25, -0.2) is 4.98 Å². The first kappa shape index (κ1) is 18.2. The molecule has 0 fully saturated rings. The Balaban J connectivity index is 1.44. The van der Waals surface area contributed by atoms with Gasteiger partial charge in [0.05, 0.1) is 5.69 Å². The van der Waals surface area contributed by atoms with Crippen molar-refractivity contribution in [3.05, 3.63) is 92.9 Å². The van der Waals surface area contributed by atoms with E-state index < -0.39 is 0 Å². The lowest BCUT2D eigenvalue weighted by Gasteiger charge is -2.04. The molecule has 7 nitrogen and oxygen atoms in total. The van der Waals surface area contributed by atoms with Gasteiger partial charge >= 0.3 is 0 Å². The third-order valence-corrected chi connectivity index (χ3v) is 4.63. The summed E-state index contributed by atoms with van der Waals surface area (Å²) in [6.07, 6.45) is 0. The second kappa shape index (κ2) is 8.24. The van der Waals surface area contributed by atoms with Gasteiger partial charge in [-0.1, -0.05) is 60.1 Å². The van der Waals surface area contributed by atoms with E-state index in [0.29, 0.717) is 42.1 Å². The minimum absolute atomic E-state index is 0.209. The predicted octanol–water partition coefficient (Wildman–Crippen LogP) is 2.97. The number of fused-ring (bicyclic) bond motifs is 1. The fourth-order valence-electron chi connectivity index (χ4n) is 2.85. The zero-order valence-corrected chi connectivity index (χ0v) is 15.8. The molecule has 2 aromatic heterocycles. The molecule has 8 heteroatoms. The van der Waals surface area contributed by atoms with E-state index in [2.05, 4.69) is 25.7 Å². The maximum Gasteiger partial charge on any atom is 0.274 e. The van der Waals surface area contributed by atoms with E-state index in [-0.39, 0.29) is 5.56 Å². The van der Waals surface area contributed by atoms with Crippen molar-refractivity contribution in [2.45, 2.75) is 19.6 Å². The number of H-pyrrole nitrogens is 1. The van der Waals surface area contributed by atoms with E-state index >= 15 is 0 Å². The zero-order chi connectivity index (χ0) is 19.3. The second-order valence-electron chi connectivity index (χ2n) is 6.33. The molecule has 2 aromatic carbocycles. The van der Waals surface area contributed by atoms with Crippen LogP contribution in [0.5, 0.6) is 0 Å². The van der Waals surface area contributed by atoms with Gasteiger partial charge in [0.2, 0.25) is 5.95 Å². The number of aromatic amines is 1. The van der Waals surface area contributed by atoms with Gasteiger partial charge in [0, 0.05) is 30.7 Å². The lowest BCUT2D eigenvalue weighted by atomic mass is 10.2. The van der Waals surface area contributed by atoms with Crippen molar-refractivity contribution in [3.8, 4) is 0 Å². The van der Waals surface area contributed by atoms with Crippen LogP contribution in [0.2, 0.25) is 5.02 Å². The van der Waals surface area contributed by atoms with Crippen molar-refractivity contribution in [3.63, 3.8) is 0 Å². The SMILES string of the molecule is O=c1cc(CNCc2ccccc2)nc2nc(NCc3ccccc3Cl)[nH]n12. The van der Waals surface area contributed by atoms with Crippen molar-refractivity contribution in [1.29, 1.82) is 0 Å². The summed E-state index contributed by atoms with van der Waals surface area (Å²) in [4.78, 5) is 21.2. The fraction of sp³-hybridized carbons (Fsp3) is 0.150. The van der Waals surface area contributed by atoms with Crippen LogP contribution in [0.4, 0.5) is 5.95 Å². The molecule has 0 amide bonds. The van der Waals surface area contributed by atoms with Crippen molar-refractivity contribution in [2.24, 2.45) is 0 Å². The van der Waals surface area contributed by atoms with Gasteiger partial charge in [-0.05, 0) is 17.2 Å². The van der Waals surface area contributed by atoms with Crippen LogP contribution in [0.15, 0.2) is 65.5 Å². The van der Waals surface area contributed by atoms with Gasteiger partial charge in [-0.3, -0.25) is 9.89 Å². The van der Waals surface area contributed by atoms with Crippen molar-refractivity contribution in [1.82, 2.24) is 24.9 Å². The number of hydrogen-bond acceptors (Lipinski definition) is 5. The van der Waals surface area contributed by atoms with Gasteiger partial charge in [0.25, 0.3) is 11.3 Å². The number of nitrogens with zero attached hydrogens (tertiary/aromatic N) is 3. The highest BCUT2D eigenvalue weighted by Gasteiger charge is 2.08. The number of anilines is 1. The predicted molar refractivity (Wildman–Crippen MR) is 109 cm³/mol. The van der Waals surface area contributed by atoms with Crippen LogP contribution in [0.25, 0.3) is 5.78 Å². The molecular formula is C20H19ClN6O. The first-order chi connectivity index (χ1) is 13.7. The molecule has 0 aliphatic carbocycles. The average molecular weight is 395 g/mol. The monoisotopic (exact) mass is 394 g/mol. The molecule has 0 saturated heterocycles. The summed E-state index contributed by atoms with van der Waals surface area (Å²) in [6, 6.07) is 19.1. The van der Waals surface area contributed by atoms with Gasteiger partial charge in [0.15, 0.2) is 0 Å². The summed E-state index contributed by atoms with van der Waals surface area (Å²) in [6.45, 7) is 1.67. The number of benzene rings is 2. The fourth-order valence-corrected chi connectivity index (χ4v) is 3.05. The molecule has 0 spiro atoms. The van der Waals surface area contributed by atoms with E-state index in [9.17, 15) is 4.79 Å². The Morgan fingerprint density at radius 3 is 2.57 bits per heavy atom. The van der Waals surface area contributed by atoms with Crippen molar-refractivity contribution < 1.29 is 0 Å². The summed E-state index contributed by atoms with van der Waals surface area (Å²) < 4.78 is 1.32. The first-order valence-electron chi connectivity index (χ1n) is 8.90. The van der Waals surface area contributed by atoms with E-state index in [0.717, 1.165) is 5.56 Å². The molecular weight excluding hydrogens is 376 g/mol. The molecule has 142 valence electrons. The molecule has 0 saturated carbocycles. The first-order valence-corrected chi connectivity index (χ1v) is 9.27. The van der Waals surface area contributed by atoms with Gasteiger partial charge in [-0.2, -0.15) is 9.50 Å². The number of aromatic nitrogens is 4. The van der Waals surface area contributed by atoms with Crippen LogP contribution >= 0.6 is 11.6 Å². The topological polar surface area (TPSA) is 87.1 Å². The van der Waals surface area contributed by atoms with E-state index in [4.69, 9.17) is 11.6 Å². The van der Waals surface area contributed by atoms with Crippen molar-refractivity contribution >= 4 is 23.3 Å². The Kier molecular flexibility index (Phi) is 5.36. The Bertz CT molecular complexity index is 1140. The molecule has 0 bridgehead atoms. The third-order valence-electron chi connectivity index (χ3n) is 4.27. The Hall–Kier alpha value is -3.16. The van der Waals surface area contributed by atoms with E-state index in [1.807, 2.05) is 54.6 Å². The molecule has 0 aliphatic rings. The van der Waals surface area contributed by atoms with Crippen LogP contribution < -0.4 is 16.2 Å². The summed E-state index contributed by atoms with van der Waals surface area (Å²) in [7, 11) is 0. The van der Waals surface area contributed by atoms with Crippen LogP contribution in [-0.2, 0) is 19.6 Å². The van der Waals surface area contributed by atoms with Gasteiger partial charge in [-0.15, -0.1) is 0 Å². The van der Waals surface area contributed by atoms with Crippen LogP contribution in [0.1, 0.15) is 16.8 Å². The summed E-state index contributed by atoms with van der Waals surface area (Å²) in [5.41, 5.74) is 2.55. The summed E-state index contributed by atoms with van der Waals surface area (Å²) in [5, 5.41) is 10.0. The largest absolute Gasteiger partial charge is 0.350 e. The molecule has 3 N–H and O–H groups in total. The van der Waals surface area contributed by atoms with Crippen LogP contribution in [-0.4, -0.2) is 19.6 Å². The zero-order valence-electron chi connectivity index (χ0n) is 15.0. The standard InChI is InChI=1S/C20H19ClN6O/c21-17-9-5-4-8-15(17)12-23-19-25-20-24-16(10-18(28)27(20)26-19)13-22-11-14-6-2-1-3-7-14/h1-10,22H,11-13H2,(H2,23,24,25,26). The summed E-state index contributed by atoms with van der Waals surface area (Å²) in [5.74, 6) is 0.782. The van der Waals surface area contributed by atoms with Gasteiger partial charge < -0.3 is 10.6 Å². The number of hydrogen-bond donors (Lipinski definition) is 3. The Morgan fingerprint density at radius 1 is 0.964 bits per heavy atom. The highest BCUT2D eigenvalue weighted by molar-refractivity contribution is 6.31. The molecule has 2 heterocycles. The van der Waals surface area contributed by atoms with Crippen LogP contribution in [0.3, 0.4) is 0 Å². The van der Waals surface area contributed by atoms with Crippen molar-refractivity contribution in [2.75, 3.05) is 5.32 Å². The quantitative estimate of drug-likeness (QED) is 0.448. The average Bonchev–Trinajstić information content (AvgIpc) is 3.12. The minimum Gasteiger partial charge on any atom is -0.350 e. The van der Waals surface area contributed by atoms with Crippen LogP contribution in [0, 0.1) is 0 Å². The Labute approximate surface area is 166 Å². The molecule has 4 aromatic rings. The summed E-state index contributed by atoms with van der Waals surface area (Å²) >= 11 is 6.16. The maximum atomic E-state index is 12.3. The van der Waals surface area contributed by atoms with E-state index in [1.165, 1.54) is 16.1 Å². The highest BCUT2D eigenvalue weighted by atomic mass is 35.5. The highest BCUT2D eigenvalue weighted by Crippen LogP contribution is 2.15. The normalized spacial score (nSPS) is 11.0. The molecule has 0 radical (unpaired) electrons. The second-order valence-corrected chi connectivity index (χ2v) is 6.73. The molecule has 0 atom stereocenters. The lowest BCUT2D eigenvalue weighted by Crippen LogP contribution is -2.20. The molecule has 0 aliphatic heterocycles. The molecule has 28 heavy (non-hydrogen) atoms. The number of rotatable bonds is 7. The lowest BCUT2D eigenvalue weighted by molar-refractivity contribution is 0.676. The van der Waals surface area contributed by atoms with Gasteiger partial charge in [0.1, 0.15) is 0 Å². The molecule has 0 unspecified atom stereocenters. The third kappa shape index (κ3) is 4.21.